The highest BCUT2D eigenvalue weighted by Gasteiger charge is 2.41. The summed E-state index contributed by atoms with van der Waals surface area (Å²) in [5, 5.41) is 0. The van der Waals surface area contributed by atoms with E-state index in [1.165, 1.54) is 45.2 Å². The van der Waals surface area contributed by atoms with Crippen molar-refractivity contribution in [1.82, 2.24) is 0 Å². The summed E-state index contributed by atoms with van der Waals surface area (Å²) in [6, 6.07) is 0.891. The maximum absolute atomic E-state index is 11.6. The number of fused-ring (bicyclic) bond motifs is 1. The first-order valence-electron chi connectivity index (χ1n) is 8.70. The first-order valence-corrected chi connectivity index (χ1v) is 8.70. The van der Waals surface area contributed by atoms with Crippen molar-refractivity contribution < 1.29 is 14.4 Å². The predicted octanol–water partition coefficient (Wildman–Crippen LogP) is 1.81. The van der Waals surface area contributed by atoms with E-state index in [0.29, 0.717) is 5.92 Å². The van der Waals surface area contributed by atoms with Gasteiger partial charge in [0.25, 0.3) is 0 Å². The second-order valence-electron chi connectivity index (χ2n) is 7.48. The molecule has 114 valence electrons. The molecule has 0 aromatic carbocycles. The minimum atomic E-state index is 0.0242. The smallest absolute Gasteiger partial charge is 0.309 e. The van der Waals surface area contributed by atoms with E-state index in [1.54, 1.807) is 0 Å². The fraction of sp³-hybridized carbons (Fsp3) is 0.941. The SMILES string of the molecule is C[C@@H]1C[C@H](C[C@@H](C)[C@H]2CCCC[NH+]3CCC[C@@H]23)OC1=O. The Kier molecular flexibility index (Phi) is 4.34. The Morgan fingerprint density at radius 3 is 2.80 bits per heavy atom. The maximum atomic E-state index is 11.6. The average molecular weight is 280 g/mol. The Morgan fingerprint density at radius 2 is 2.05 bits per heavy atom. The van der Waals surface area contributed by atoms with Crippen LogP contribution in [0.1, 0.15) is 58.8 Å². The summed E-state index contributed by atoms with van der Waals surface area (Å²) in [7, 11) is 0. The Balaban J connectivity index is 1.60. The van der Waals surface area contributed by atoms with Crippen LogP contribution < -0.4 is 4.90 Å². The molecule has 6 atom stereocenters. The van der Waals surface area contributed by atoms with Crippen LogP contribution in [-0.2, 0) is 9.53 Å². The van der Waals surface area contributed by atoms with Gasteiger partial charge in [0.2, 0.25) is 0 Å². The minimum Gasteiger partial charge on any atom is -0.462 e. The van der Waals surface area contributed by atoms with Crippen molar-refractivity contribution in [3.8, 4) is 0 Å². The minimum absolute atomic E-state index is 0.0242. The van der Waals surface area contributed by atoms with Crippen molar-refractivity contribution >= 4 is 5.97 Å². The zero-order valence-corrected chi connectivity index (χ0v) is 13.1. The number of nitrogens with one attached hydrogen (secondary N) is 1. The van der Waals surface area contributed by atoms with Crippen LogP contribution in [0.5, 0.6) is 0 Å². The summed E-state index contributed by atoms with van der Waals surface area (Å²) in [6.45, 7) is 7.19. The topological polar surface area (TPSA) is 30.7 Å². The lowest BCUT2D eigenvalue weighted by Crippen LogP contribution is -3.14. The highest BCUT2D eigenvalue weighted by atomic mass is 16.5. The lowest BCUT2D eigenvalue weighted by atomic mass is 9.79. The normalized spacial score (nSPS) is 42.9. The molecule has 1 unspecified atom stereocenters. The Bertz CT molecular complexity index is 357. The molecule has 3 fully saturated rings. The fourth-order valence-corrected chi connectivity index (χ4v) is 4.93. The molecular formula is C17H30NO2+. The summed E-state index contributed by atoms with van der Waals surface area (Å²) in [6.07, 6.45) is 9.26. The molecule has 3 aliphatic heterocycles. The quantitative estimate of drug-likeness (QED) is 0.799. The van der Waals surface area contributed by atoms with Gasteiger partial charge in [0.05, 0.1) is 25.0 Å². The molecule has 0 bridgehead atoms. The molecule has 0 saturated carbocycles. The number of rotatable bonds is 3. The molecule has 20 heavy (non-hydrogen) atoms. The van der Waals surface area contributed by atoms with Crippen molar-refractivity contribution in [2.24, 2.45) is 17.8 Å². The number of quaternary nitrogens is 1. The number of hydrogen-bond donors (Lipinski definition) is 1. The monoisotopic (exact) mass is 280 g/mol. The second-order valence-corrected chi connectivity index (χ2v) is 7.48. The van der Waals surface area contributed by atoms with E-state index in [1.807, 2.05) is 11.8 Å². The number of esters is 1. The summed E-state index contributed by atoms with van der Waals surface area (Å²) < 4.78 is 5.53. The van der Waals surface area contributed by atoms with Crippen LogP contribution in [0.3, 0.4) is 0 Å². The molecule has 3 heterocycles. The van der Waals surface area contributed by atoms with Crippen molar-refractivity contribution in [2.45, 2.75) is 70.9 Å². The summed E-state index contributed by atoms with van der Waals surface area (Å²) in [4.78, 5) is 13.4. The van der Waals surface area contributed by atoms with Gasteiger partial charge >= 0.3 is 5.97 Å². The van der Waals surface area contributed by atoms with Crippen LogP contribution in [0.15, 0.2) is 0 Å². The Labute approximate surface area is 123 Å². The average Bonchev–Trinajstić information content (AvgIpc) is 2.92. The number of carbonyl (C=O) groups excluding carboxylic acids is 1. The van der Waals surface area contributed by atoms with Crippen LogP contribution in [0.4, 0.5) is 0 Å². The molecule has 3 saturated heterocycles. The lowest BCUT2D eigenvalue weighted by Gasteiger charge is -2.31. The highest BCUT2D eigenvalue weighted by molar-refractivity contribution is 5.74. The van der Waals surface area contributed by atoms with Crippen molar-refractivity contribution in [3.63, 3.8) is 0 Å². The van der Waals surface area contributed by atoms with Crippen LogP contribution in [0.25, 0.3) is 0 Å². The molecule has 3 rings (SSSR count). The van der Waals surface area contributed by atoms with E-state index in [4.69, 9.17) is 4.74 Å². The van der Waals surface area contributed by atoms with Gasteiger partial charge in [-0.15, -0.1) is 0 Å². The number of carbonyl (C=O) groups is 1. The van der Waals surface area contributed by atoms with Crippen molar-refractivity contribution in [3.05, 3.63) is 0 Å². The summed E-state index contributed by atoms with van der Waals surface area (Å²) in [5.41, 5.74) is 0. The largest absolute Gasteiger partial charge is 0.462 e. The third-order valence-corrected chi connectivity index (χ3v) is 6.01. The predicted molar refractivity (Wildman–Crippen MR) is 78.5 cm³/mol. The van der Waals surface area contributed by atoms with Gasteiger partial charge in [0.15, 0.2) is 0 Å². The Morgan fingerprint density at radius 1 is 1.25 bits per heavy atom. The standard InChI is InChI=1S/C17H29NO2/c1-12(10-14-11-13(2)17(19)20-14)15-6-3-4-8-18-9-5-7-16(15)18/h12-16H,3-11H2,1-2H3/p+1/t12-,13-,14+,15-,16+/m1/s1. The second kappa shape index (κ2) is 6.05. The van der Waals surface area contributed by atoms with E-state index in [-0.39, 0.29) is 18.0 Å². The van der Waals surface area contributed by atoms with E-state index in [2.05, 4.69) is 6.92 Å². The first kappa shape index (κ1) is 14.4. The van der Waals surface area contributed by atoms with Crippen LogP contribution in [0.2, 0.25) is 0 Å². The molecule has 3 heteroatoms. The Hall–Kier alpha value is -0.570. The number of hydrogen-bond acceptors (Lipinski definition) is 2. The first-order chi connectivity index (χ1) is 9.65. The molecule has 0 aliphatic carbocycles. The summed E-state index contributed by atoms with van der Waals surface area (Å²) >= 11 is 0. The molecule has 1 N–H and O–H groups in total. The molecule has 0 radical (unpaired) electrons. The van der Waals surface area contributed by atoms with Gasteiger partial charge in [0, 0.05) is 18.8 Å². The fourth-order valence-electron chi connectivity index (χ4n) is 4.93. The molecule has 0 aromatic heterocycles. The van der Waals surface area contributed by atoms with E-state index >= 15 is 0 Å². The zero-order valence-electron chi connectivity index (χ0n) is 13.1. The lowest BCUT2D eigenvalue weighted by molar-refractivity contribution is -0.915. The van der Waals surface area contributed by atoms with Crippen LogP contribution >= 0.6 is 0 Å². The van der Waals surface area contributed by atoms with Gasteiger partial charge in [-0.2, -0.15) is 0 Å². The van der Waals surface area contributed by atoms with Gasteiger partial charge in [0.1, 0.15) is 6.10 Å². The highest BCUT2D eigenvalue weighted by Crippen LogP contribution is 2.33. The molecular weight excluding hydrogens is 250 g/mol. The number of cyclic esters (lactones) is 1. The molecule has 0 amide bonds. The van der Waals surface area contributed by atoms with Gasteiger partial charge in [-0.1, -0.05) is 13.8 Å². The molecule has 3 aliphatic rings. The van der Waals surface area contributed by atoms with E-state index in [9.17, 15) is 4.79 Å². The van der Waals surface area contributed by atoms with Gasteiger partial charge < -0.3 is 9.64 Å². The van der Waals surface area contributed by atoms with Crippen LogP contribution in [0, 0.1) is 17.8 Å². The van der Waals surface area contributed by atoms with Crippen LogP contribution in [-0.4, -0.2) is 31.2 Å². The van der Waals surface area contributed by atoms with E-state index in [0.717, 1.165) is 24.8 Å². The summed E-state index contributed by atoms with van der Waals surface area (Å²) in [5.74, 6) is 1.70. The van der Waals surface area contributed by atoms with Crippen molar-refractivity contribution in [1.29, 1.82) is 0 Å². The molecule has 0 spiro atoms. The van der Waals surface area contributed by atoms with E-state index < -0.39 is 0 Å². The van der Waals surface area contributed by atoms with Gasteiger partial charge in [-0.05, 0) is 38.0 Å². The third kappa shape index (κ3) is 2.88. The number of ether oxygens (including phenoxy) is 1. The third-order valence-electron chi connectivity index (χ3n) is 6.01. The van der Waals surface area contributed by atoms with Crippen molar-refractivity contribution in [2.75, 3.05) is 13.1 Å². The molecule has 0 aromatic rings. The zero-order chi connectivity index (χ0) is 14.1. The van der Waals surface area contributed by atoms with Gasteiger partial charge in [-0.3, -0.25) is 4.79 Å². The maximum Gasteiger partial charge on any atom is 0.309 e. The molecule has 3 nitrogen and oxygen atoms in total. The van der Waals surface area contributed by atoms with Gasteiger partial charge in [-0.25, -0.2) is 0 Å².